The van der Waals surface area contributed by atoms with Crippen molar-refractivity contribution >= 4 is 41.2 Å². The number of imidazole rings is 1. The van der Waals surface area contributed by atoms with Crippen LogP contribution >= 0.6 is 12.4 Å². The molecule has 0 bridgehead atoms. The van der Waals surface area contributed by atoms with Crippen LogP contribution in [0.15, 0.2) is 97.1 Å². The summed E-state index contributed by atoms with van der Waals surface area (Å²) in [6, 6.07) is 28.4. The van der Waals surface area contributed by atoms with Crippen molar-refractivity contribution in [2.75, 3.05) is 45.7 Å². The lowest BCUT2D eigenvalue weighted by molar-refractivity contribution is 0.0592. The van der Waals surface area contributed by atoms with Crippen LogP contribution in [0.1, 0.15) is 39.1 Å². The van der Waals surface area contributed by atoms with Gasteiger partial charge in [-0.15, -0.1) is 12.4 Å². The molecule has 2 heterocycles. The zero-order valence-electron chi connectivity index (χ0n) is 27.0. The summed E-state index contributed by atoms with van der Waals surface area (Å²) in [7, 11) is 3.14. The Balaban J connectivity index is 0.00000451. The van der Waals surface area contributed by atoms with Gasteiger partial charge in [0.1, 0.15) is 17.3 Å². The van der Waals surface area contributed by atoms with E-state index in [0.717, 1.165) is 48.5 Å². The molecule has 1 aromatic heterocycles. The second-order valence-corrected chi connectivity index (χ2v) is 11.6. The SMILES string of the molecule is COc1ccc(C(=O)N(CCN2CCC(Nc3nc4ccccc4n3Cc3ccc(F)cc3)CC2)C(=O)c2ccc(OC)cc2)cc1.Cl. The molecule has 0 saturated carbocycles. The Morgan fingerprint density at radius 3 is 1.96 bits per heavy atom. The van der Waals surface area contributed by atoms with Crippen molar-refractivity contribution < 1.29 is 23.5 Å². The van der Waals surface area contributed by atoms with Crippen molar-refractivity contribution in [2.45, 2.75) is 25.4 Å². The summed E-state index contributed by atoms with van der Waals surface area (Å²) in [5.41, 5.74) is 3.74. The van der Waals surface area contributed by atoms with E-state index in [0.29, 0.717) is 35.7 Å². The van der Waals surface area contributed by atoms with Crippen molar-refractivity contribution in [3.63, 3.8) is 0 Å². The molecule has 0 spiro atoms. The number of piperidine rings is 1. The number of anilines is 1. The zero-order valence-corrected chi connectivity index (χ0v) is 27.8. The minimum Gasteiger partial charge on any atom is -0.497 e. The fourth-order valence-corrected chi connectivity index (χ4v) is 5.92. The lowest BCUT2D eigenvalue weighted by atomic mass is 10.1. The number of hydrogen-bond donors (Lipinski definition) is 1. The van der Waals surface area contributed by atoms with Crippen molar-refractivity contribution in [1.29, 1.82) is 0 Å². The van der Waals surface area contributed by atoms with Gasteiger partial charge in [-0.2, -0.15) is 0 Å². The number of likely N-dealkylation sites (tertiary alicyclic amines) is 1. The number of imide groups is 1. The topological polar surface area (TPSA) is 88.9 Å². The first-order valence-electron chi connectivity index (χ1n) is 15.7. The van der Waals surface area contributed by atoms with E-state index in [1.165, 1.54) is 17.0 Å². The first-order valence-corrected chi connectivity index (χ1v) is 15.7. The van der Waals surface area contributed by atoms with Crippen molar-refractivity contribution in [1.82, 2.24) is 19.4 Å². The van der Waals surface area contributed by atoms with E-state index in [-0.39, 0.29) is 42.6 Å². The van der Waals surface area contributed by atoms with Crippen LogP contribution in [0.5, 0.6) is 11.5 Å². The summed E-state index contributed by atoms with van der Waals surface area (Å²) in [5, 5.41) is 3.67. The molecule has 1 saturated heterocycles. The van der Waals surface area contributed by atoms with E-state index in [1.807, 2.05) is 24.3 Å². The maximum absolute atomic E-state index is 13.6. The van der Waals surface area contributed by atoms with Crippen molar-refractivity contribution in [3.8, 4) is 11.5 Å². The van der Waals surface area contributed by atoms with Gasteiger partial charge in [0.05, 0.1) is 31.8 Å². The molecule has 11 heteroatoms. The van der Waals surface area contributed by atoms with Crippen molar-refractivity contribution in [2.24, 2.45) is 0 Å². The normalized spacial score (nSPS) is 13.5. The number of rotatable bonds is 11. The van der Waals surface area contributed by atoms with Gasteiger partial charge in [-0.05, 0) is 91.2 Å². The van der Waals surface area contributed by atoms with Gasteiger partial charge in [-0.1, -0.05) is 24.3 Å². The molecule has 2 amide bonds. The molecule has 250 valence electrons. The number of ether oxygens (including phenoxy) is 2. The number of methoxy groups -OCH3 is 2. The molecule has 1 aliphatic heterocycles. The highest BCUT2D eigenvalue weighted by molar-refractivity contribution is 6.10. The van der Waals surface area contributed by atoms with Gasteiger partial charge in [0.15, 0.2) is 0 Å². The fourth-order valence-electron chi connectivity index (χ4n) is 5.92. The molecule has 0 atom stereocenters. The summed E-state index contributed by atoms with van der Waals surface area (Å²) in [5.74, 6) is 1.09. The zero-order chi connectivity index (χ0) is 32.8. The Morgan fingerprint density at radius 1 is 0.833 bits per heavy atom. The van der Waals surface area contributed by atoms with Crippen LogP contribution in [0.3, 0.4) is 0 Å². The highest BCUT2D eigenvalue weighted by Crippen LogP contribution is 2.24. The number of benzene rings is 4. The Kier molecular flexibility index (Phi) is 11.3. The molecule has 0 aliphatic carbocycles. The molecule has 6 rings (SSSR count). The van der Waals surface area contributed by atoms with E-state index < -0.39 is 0 Å². The summed E-state index contributed by atoms with van der Waals surface area (Å²) in [6.07, 6.45) is 1.75. The molecule has 1 fully saturated rings. The van der Waals surface area contributed by atoms with Gasteiger partial charge in [0.2, 0.25) is 5.95 Å². The first-order chi connectivity index (χ1) is 22.9. The average Bonchev–Trinajstić information content (AvgIpc) is 3.46. The molecular formula is C37H39ClFN5O4. The quantitative estimate of drug-likeness (QED) is 0.160. The van der Waals surface area contributed by atoms with E-state index in [9.17, 15) is 14.0 Å². The van der Waals surface area contributed by atoms with Gasteiger partial charge in [-0.3, -0.25) is 14.5 Å². The van der Waals surface area contributed by atoms with Gasteiger partial charge >= 0.3 is 0 Å². The standard InChI is InChI=1S/C37H38FN5O4.ClH/c1-46-31-15-9-27(10-16-31)35(44)42(36(45)28-11-17-32(47-2)18-12-28)24-23-41-21-19-30(20-22-41)39-37-40-33-5-3-4-6-34(33)43(37)25-26-7-13-29(38)14-8-26;/h3-18,30H,19-25H2,1-2H3,(H,39,40);1H. The van der Waals surface area contributed by atoms with Gasteiger partial charge in [0.25, 0.3) is 11.8 Å². The van der Waals surface area contributed by atoms with Gasteiger partial charge in [-0.25, -0.2) is 9.37 Å². The number of amides is 2. The predicted octanol–water partition coefficient (Wildman–Crippen LogP) is 6.52. The van der Waals surface area contributed by atoms with Crippen LogP contribution in [0.25, 0.3) is 11.0 Å². The number of nitrogens with one attached hydrogen (secondary N) is 1. The van der Waals surface area contributed by atoms with Crippen molar-refractivity contribution in [3.05, 3.63) is 120 Å². The van der Waals surface area contributed by atoms with Crippen LogP contribution in [0.2, 0.25) is 0 Å². The lowest BCUT2D eigenvalue weighted by Crippen LogP contribution is -2.46. The van der Waals surface area contributed by atoms with E-state index in [4.69, 9.17) is 14.5 Å². The summed E-state index contributed by atoms with van der Waals surface area (Å²) in [6.45, 7) is 2.98. The highest BCUT2D eigenvalue weighted by atomic mass is 35.5. The largest absolute Gasteiger partial charge is 0.497 e. The number of hydrogen-bond acceptors (Lipinski definition) is 7. The van der Waals surface area contributed by atoms with Crippen LogP contribution in [-0.4, -0.2) is 77.6 Å². The number of carbonyl (C=O) groups is 2. The summed E-state index contributed by atoms with van der Waals surface area (Å²) < 4.78 is 26.2. The molecule has 4 aromatic carbocycles. The minimum absolute atomic E-state index is 0. The minimum atomic E-state index is -0.356. The maximum atomic E-state index is 13.6. The Bertz CT molecular complexity index is 1760. The van der Waals surface area contributed by atoms with Crippen LogP contribution in [0, 0.1) is 5.82 Å². The smallest absolute Gasteiger partial charge is 0.260 e. The van der Waals surface area contributed by atoms with Crippen LogP contribution in [0.4, 0.5) is 10.3 Å². The number of carbonyl (C=O) groups excluding carboxylic acids is 2. The van der Waals surface area contributed by atoms with Crippen LogP contribution < -0.4 is 14.8 Å². The number of aromatic nitrogens is 2. The Morgan fingerprint density at radius 2 is 1.40 bits per heavy atom. The van der Waals surface area contributed by atoms with E-state index in [1.54, 1.807) is 74.9 Å². The lowest BCUT2D eigenvalue weighted by Gasteiger charge is -2.34. The third-order valence-corrected chi connectivity index (χ3v) is 8.63. The number of nitrogens with zero attached hydrogens (tertiary/aromatic N) is 4. The Hall–Kier alpha value is -4.93. The molecule has 48 heavy (non-hydrogen) atoms. The summed E-state index contributed by atoms with van der Waals surface area (Å²) in [4.78, 5) is 35.8. The second kappa shape index (κ2) is 15.8. The Labute approximate surface area is 285 Å². The molecule has 5 aromatic rings. The molecule has 1 aliphatic rings. The van der Waals surface area contributed by atoms with E-state index in [2.05, 4.69) is 14.8 Å². The number of para-hydroxylation sites is 2. The predicted molar refractivity (Wildman–Crippen MR) is 187 cm³/mol. The molecule has 9 nitrogen and oxygen atoms in total. The fraction of sp³-hybridized carbons (Fsp3) is 0.270. The van der Waals surface area contributed by atoms with E-state index >= 15 is 0 Å². The second-order valence-electron chi connectivity index (χ2n) is 11.6. The van der Waals surface area contributed by atoms with Gasteiger partial charge < -0.3 is 24.3 Å². The van der Waals surface area contributed by atoms with Crippen LogP contribution in [-0.2, 0) is 6.54 Å². The third kappa shape index (κ3) is 7.95. The molecule has 0 radical (unpaired) electrons. The average molecular weight is 672 g/mol. The molecule has 1 N–H and O–H groups in total. The number of fused-ring (bicyclic) bond motifs is 1. The molecular weight excluding hydrogens is 633 g/mol. The first kappa shape index (κ1) is 34.4. The monoisotopic (exact) mass is 671 g/mol. The highest BCUT2D eigenvalue weighted by Gasteiger charge is 2.27. The number of halogens is 2. The molecule has 0 unspecified atom stereocenters. The summed E-state index contributed by atoms with van der Waals surface area (Å²) >= 11 is 0. The van der Waals surface area contributed by atoms with Gasteiger partial charge in [0, 0.05) is 43.3 Å². The third-order valence-electron chi connectivity index (χ3n) is 8.63. The maximum Gasteiger partial charge on any atom is 0.260 e.